The van der Waals surface area contributed by atoms with E-state index in [4.69, 9.17) is 5.73 Å². The Labute approximate surface area is 93.4 Å². The molecular weight excluding hydrogens is 222 g/mol. The summed E-state index contributed by atoms with van der Waals surface area (Å²) in [6.45, 7) is 0.613. The minimum Gasteiger partial charge on any atom is -0.330 e. The average Bonchev–Trinajstić information content (AvgIpc) is 2.20. The molecule has 1 aliphatic carbocycles. The second kappa shape index (κ2) is 5.34. The van der Waals surface area contributed by atoms with Crippen LogP contribution in [0.25, 0.3) is 0 Å². The monoisotopic (exact) mass is 241 g/mol. The van der Waals surface area contributed by atoms with E-state index in [1.165, 1.54) is 0 Å². The van der Waals surface area contributed by atoms with Gasteiger partial charge >= 0.3 is 6.18 Å². The summed E-state index contributed by atoms with van der Waals surface area (Å²) in [5.41, 5.74) is 2.40. The van der Waals surface area contributed by atoms with Gasteiger partial charge < -0.3 is 5.73 Å². The molecule has 16 heavy (non-hydrogen) atoms. The first-order valence-electron chi connectivity index (χ1n) is 5.85. The number of hydrogen-bond acceptors (Lipinski definition) is 1. The van der Waals surface area contributed by atoms with E-state index in [9.17, 15) is 17.6 Å². The van der Waals surface area contributed by atoms with Gasteiger partial charge in [-0.3, -0.25) is 0 Å². The molecule has 96 valence electrons. The second-order valence-corrected chi connectivity index (χ2v) is 4.69. The molecule has 0 aromatic heterocycles. The molecule has 0 aliphatic heterocycles. The molecule has 0 unspecified atom stereocenters. The first kappa shape index (κ1) is 13.7. The molecule has 0 spiro atoms. The molecule has 0 amide bonds. The van der Waals surface area contributed by atoms with Crippen molar-refractivity contribution < 1.29 is 17.6 Å². The van der Waals surface area contributed by atoms with E-state index in [0.29, 0.717) is 19.4 Å². The van der Waals surface area contributed by atoms with Gasteiger partial charge in [-0.2, -0.15) is 13.2 Å². The standard InChI is InChI=1S/C11H19F4N/c12-10(11(13,14)15)6-4-9(5-7-10)3-1-2-8-16/h9H,1-8,16H2. The van der Waals surface area contributed by atoms with E-state index in [1.807, 2.05) is 0 Å². The second-order valence-electron chi connectivity index (χ2n) is 4.69. The van der Waals surface area contributed by atoms with E-state index in [0.717, 1.165) is 19.3 Å². The third kappa shape index (κ3) is 3.34. The minimum atomic E-state index is -4.70. The predicted molar refractivity (Wildman–Crippen MR) is 54.8 cm³/mol. The number of unbranched alkanes of at least 4 members (excludes halogenated alkanes) is 1. The van der Waals surface area contributed by atoms with Gasteiger partial charge in [-0.05, 0) is 44.6 Å². The quantitative estimate of drug-likeness (QED) is 0.591. The maximum atomic E-state index is 13.5. The maximum Gasteiger partial charge on any atom is 0.422 e. The molecular formula is C11H19F4N. The van der Waals surface area contributed by atoms with Crippen molar-refractivity contribution >= 4 is 0 Å². The summed E-state index contributed by atoms with van der Waals surface area (Å²) in [6, 6.07) is 0. The van der Waals surface area contributed by atoms with Crippen LogP contribution in [0.5, 0.6) is 0 Å². The van der Waals surface area contributed by atoms with Crippen LogP contribution in [-0.2, 0) is 0 Å². The lowest BCUT2D eigenvalue weighted by atomic mass is 9.77. The third-order valence-corrected chi connectivity index (χ3v) is 3.47. The van der Waals surface area contributed by atoms with Crippen molar-refractivity contribution in [2.75, 3.05) is 6.54 Å². The lowest BCUT2D eigenvalue weighted by Gasteiger charge is -2.35. The predicted octanol–water partition coefficient (Wildman–Crippen LogP) is 3.58. The Morgan fingerprint density at radius 3 is 2.12 bits per heavy atom. The molecule has 0 atom stereocenters. The van der Waals surface area contributed by atoms with Crippen molar-refractivity contribution in [2.45, 2.75) is 56.8 Å². The summed E-state index contributed by atoms with van der Waals surface area (Å²) in [5, 5.41) is 0. The summed E-state index contributed by atoms with van der Waals surface area (Å²) in [4.78, 5) is 0. The number of hydrogen-bond donors (Lipinski definition) is 1. The molecule has 0 saturated heterocycles. The molecule has 1 aliphatic rings. The third-order valence-electron chi connectivity index (χ3n) is 3.47. The van der Waals surface area contributed by atoms with Gasteiger partial charge in [0.1, 0.15) is 0 Å². The summed E-state index contributed by atoms with van der Waals surface area (Å²) in [6.07, 6.45) is -2.03. The zero-order chi connectivity index (χ0) is 12.2. The number of nitrogens with two attached hydrogens (primary N) is 1. The molecule has 0 aromatic carbocycles. The van der Waals surface area contributed by atoms with E-state index in [2.05, 4.69) is 0 Å². The van der Waals surface area contributed by atoms with E-state index in [1.54, 1.807) is 0 Å². The van der Waals surface area contributed by atoms with Crippen molar-refractivity contribution in [3.63, 3.8) is 0 Å². The van der Waals surface area contributed by atoms with Crippen LogP contribution in [0, 0.1) is 5.92 Å². The van der Waals surface area contributed by atoms with Crippen LogP contribution in [-0.4, -0.2) is 18.4 Å². The Hall–Kier alpha value is -0.320. The summed E-state index contributed by atoms with van der Waals surface area (Å²) >= 11 is 0. The van der Waals surface area contributed by atoms with Gasteiger partial charge in [-0.1, -0.05) is 12.8 Å². The van der Waals surface area contributed by atoms with Crippen LogP contribution < -0.4 is 5.73 Å². The molecule has 1 fully saturated rings. The van der Waals surface area contributed by atoms with Gasteiger partial charge in [0.15, 0.2) is 0 Å². The highest BCUT2D eigenvalue weighted by Crippen LogP contribution is 2.46. The number of alkyl halides is 4. The zero-order valence-corrected chi connectivity index (χ0v) is 9.32. The lowest BCUT2D eigenvalue weighted by Crippen LogP contribution is -2.43. The molecule has 1 rings (SSSR count). The summed E-state index contributed by atoms with van der Waals surface area (Å²) in [5.74, 6) is 0.248. The van der Waals surface area contributed by atoms with Crippen molar-refractivity contribution in [3.05, 3.63) is 0 Å². The van der Waals surface area contributed by atoms with Crippen LogP contribution in [0.1, 0.15) is 44.9 Å². The summed E-state index contributed by atoms with van der Waals surface area (Å²) < 4.78 is 50.6. The topological polar surface area (TPSA) is 26.0 Å². The van der Waals surface area contributed by atoms with Crippen molar-refractivity contribution in [3.8, 4) is 0 Å². The molecule has 0 heterocycles. The number of halogens is 4. The average molecular weight is 241 g/mol. The molecule has 0 radical (unpaired) electrons. The van der Waals surface area contributed by atoms with Gasteiger partial charge in [0.2, 0.25) is 5.67 Å². The van der Waals surface area contributed by atoms with Crippen LogP contribution in [0.4, 0.5) is 17.6 Å². The fourth-order valence-corrected chi connectivity index (χ4v) is 2.28. The van der Waals surface area contributed by atoms with Gasteiger partial charge in [0.25, 0.3) is 0 Å². The summed E-state index contributed by atoms with van der Waals surface area (Å²) in [7, 11) is 0. The fraction of sp³-hybridized carbons (Fsp3) is 1.00. The Kier molecular flexibility index (Phi) is 4.59. The highest BCUT2D eigenvalue weighted by molar-refractivity contribution is 4.91. The van der Waals surface area contributed by atoms with Gasteiger partial charge in [-0.15, -0.1) is 0 Å². The molecule has 0 bridgehead atoms. The lowest BCUT2D eigenvalue weighted by molar-refractivity contribution is -0.242. The smallest absolute Gasteiger partial charge is 0.330 e. The highest BCUT2D eigenvalue weighted by Gasteiger charge is 2.56. The van der Waals surface area contributed by atoms with Crippen molar-refractivity contribution in [1.82, 2.24) is 0 Å². The van der Waals surface area contributed by atoms with Crippen molar-refractivity contribution in [2.24, 2.45) is 11.7 Å². The Morgan fingerprint density at radius 1 is 1.12 bits per heavy atom. The van der Waals surface area contributed by atoms with Crippen molar-refractivity contribution in [1.29, 1.82) is 0 Å². The van der Waals surface area contributed by atoms with E-state index < -0.39 is 11.8 Å². The Morgan fingerprint density at radius 2 is 1.69 bits per heavy atom. The first-order chi connectivity index (χ1) is 7.39. The van der Waals surface area contributed by atoms with Crippen LogP contribution in [0.15, 0.2) is 0 Å². The van der Waals surface area contributed by atoms with Crippen LogP contribution in [0.2, 0.25) is 0 Å². The van der Waals surface area contributed by atoms with E-state index >= 15 is 0 Å². The van der Waals surface area contributed by atoms with Crippen LogP contribution >= 0.6 is 0 Å². The normalized spacial score (nSPS) is 31.7. The first-order valence-corrected chi connectivity index (χ1v) is 5.85. The Balaban J connectivity index is 2.33. The van der Waals surface area contributed by atoms with Gasteiger partial charge in [-0.25, -0.2) is 4.39 Å². The largest absolute Gasteiger partial charge is 0.422 e. The van der Waals surface area contributed by atoms with Crippen LogP contribution in [0.3, 0.4) is 0 Å². The highest BCUT2D eigenvalue weighted by atomic mass is 19.4. The SMILES string of the molecule is NCCCCC1CCC(F)(C(F)(F)F)CC1. The maximum absolute atomic E-state index is 13.5. The molecule has 1 saturated carbocycles. The molecule has 2 N–H and O–H groups in total. The van der Waals surface area contributed by atoms with E-state index in [-0.39, 0.29) is 18.8 Å². The van der Waals surface area contributed by atoms with Gasteiger partial charge in [0, 0.05) is 0 Å². The Bertz CT molecular complexity index is 207. The minimum absolute atomic E-state index is 0.248. The molecule has 5 heteroatoms. The molecule has 1 nitrogen and oxygen atoms in total. The van der Waals surface area contributed by atoms with Gasteiger partial charge in [0.05, 0.1) is 0 Å². The fourth-order valence-electron chi connectivity index (χ4n) is 2.28. The zero-order valence-electron chi connectivity index (χ0n) is 9.32. The molecule has 0 aromatic rings. The number of rotatable bonds is 4.